The molecule has 0 bridgehead atoms. The number of carbonyl (C=O) groups excluding carboxylic acids is 1. The minimum atomic E-state index is -0.526. The molecule has 2 aromatic carbocycles. The number of hydrogen-bond acceptors (Lipinski definition) is 3. The number of benzene rings is 2. The number of hydrazine groups is 1. The van der Waals surface area contributed by atoms with Crippen molar-refractivity contribution in [3.63, 3.8) is 0 Å². The van der Waals surface area contributed by atoms with Crippen LogP contribution in [-0.4, -0.2) is 18.8 Å². The summed E-state index contributed by atoms with van der Waals surface area (Å²) in [6.07, 6.45) is 0.673. The summed E-state index contributed by atoms with van der Waals surface area (Å²) in [4.78, 5) is 12.2. The Balaban J connectivity index is 1.75. The van der Waals surface area contributed by atoms with Crippen LogP contribution in [0.25, 0.3) is 0 Å². The molecule has 2 N–H and O–H groups in total. The highest BCUT2D eigenvalue weighted by molar-refractivity contribution is 5.93. The van der Waals surface area contributed by atoms with Gasteiger partial charge in [-0.05, 0) is 36.8 Å². The van der Waals surface area contributed by atoms with E-state index in [1.165, 1.54) is 0 Å². The van der Waals surface area contributed by atoms with Gasteiger partial charge in [0, 0.05) is 6.42 Å². The second-order valence-electron chi connectivity index (χ2n) is 5.57. The Morgan fingerprint density at radius 3 is 2.41 bits per heavy atom. The van der Waals surface area contributed by atoms with E-state index in [1.54, 1.807) is 12.1 Å². The zero-order valence-corrected chi connectivity index (χ0v) is 12.7. The Hall–Kier alpha value is -2.53. The third kappa shape index (κ3) is 2.89. The highest BCUT2D eigenvalue weighted by atomic mass is 16.5. The van der Waals surface area contributed by atoms with Gasteiger partial charge in [-0.2, -0.15) is 0 Å². The van der Waals surface area contributed by atoms with Gasteiger partial charge in [0.05, 0.1) is 12.8 Å². The average molecular weight is 297 g/mol. The maximum Gasteiger partial charge on any atom is 0.338 e. The highest BCUT2D eigenvalue weighted by Gasteiger charge is 2.38. The summed E-state index contributed by atoms with van der Waals surface area (Å²) in [6, 6.07) is 17.2. The largest absolute Gasteiger partial charge is 0.497 e. The molecule has 2 aromatic rings. The van der Waals surface area contributed by atoms with Crippen LogP contribution in [0.5, 0.6) is 5.75 Å². The quantitative estimate of drug-likeness (QED) is 0.912. The van der Waals surface area contributed by atoms with Gasteiger partial charge in [-0.1, -0.05) is 30.3 Å². The van der Waals surface area contributed by atoms with Crippen LogP contribution in [0.15, 0.2) is 54.6 Å². The van der Waals surface area contributed by atoms with E-state index in [9.17, 15) is 4.79 Å². The molecule has 1 unspecified atom stereocenters. The van der Waals surface area contributed by atoms with E-state index in [4.69, 9.17) is 4.74 Å². The number of carbonyl (C=O) groups is 1. The third-order valence-corrected chi connectivity index (χ3v) is 3.68. The normalized spacial score (nSPS) is 20.8. The van der Waals surface area contributed by atoms with Gasteiger partial charge >= 0.3 is 6.03 Å². The lowest BCUT2D eigenvalue weighted by atomic mass is 10.0. The number of urea groups is 1. The molecule has 5 heteroatoms. The molecule has 1 aliphatic heterocycles. The van der Waals surface area contributed by atoms with Gasteiger partial charge < -0.3 is 10.1 Å². The Morgan fingerprint density at radius 1 is 1.09 bits per heavy atom. The molecule has 1 atom stereocenters. The molecule has 0 aromatic heterocycles. The second kappa shape index (κ2) is 5.69. The van der Waals surface area contributed by atoms with Crippen molar-refractivity contribution < 1.29 is 9.53 Å². The number of hydrogen-bond donors (Lipinski definition) is 2. The first-order valence-corrected chi connectivity index (χ1v) is 7.18. The van der Waals surface area contributed by atoms with Gasteiger partial charge in [-0.15, -0.1) is 0 Å². The molecule has 114 valence electrons. The zero-order chi connectivity index (χ0) is 15.6. The van der Waals surface area contributed by atoms with Crippen LogP contribution >= 0.6 is 0 Å². The van der Waals surface area contributed by atoms with E-state index in [1.807, 2.05) is 61.5 Å². The van der Waals surface area contributed by atoms with E-state index >= 15 is 0 Å². The lowest BCUT2D eigenvalue weighted by Crippen LogP contribution is -2.50. The summed E-state index contributed by atoms with van der Waals surface area (Å²) in [7, 11) is 1.65. The third-order valence-electron chi connectivity index (χ3n) is 3.68. The Kier molecular flexibility index (Phi) is 3.73. The predicted octanol–water partition coefficient (Wildman–Crippen LogP) is 2.69. The van der Waals surface area contributed by atoms with Crippen molar-refractivity contribution >= 4 is 11.7 Å². The van der Waals surface area contributed by atoms with Crippen molar-refractivity contribution in [1.82, 2.24) is 10.7 Å². The van der Waals surface area contributed by atoms with Gasteiger partial charge in [0.1, 0.15) is 11.4 Å². The van der Waals surface area contributed by atoms with Crippen LogP contribution in [0.3, 0.4) is 0 Å². The molecule has 3 rings (SSSR count). The van der Waals surface area contributed by atoms with E-state index in [-0.39, 0.29) is 6.03 Å². The van der Waals surface area contributed by atoms with Crippen LogP contribution in [-0.2, 0) is 6.42 Å². The molecule has 22 heavy (non-hydrogen) atoms. The minimum absolute atomic E-state index is 0.151. The van der Waals surface area contributed by atoms with Crippen LogP contribution in [0, 0.1) is 0 Å². The number of ether oxygens (including phenoxy) is 1. The molecular weight excluding hydrogens is 278 g/mol. The molecule has 0 spiro atoms. The monoisotopic (exact) mass is 297 g/mol. The summed E-state index contributed by atoms with van der Waals surface area (Å²) in [5.74, 6) is 0.822. The second-order valence-corrected chi connectivity index (χ2v) is 5.57. The fraction of sp³-hybridized carbons (Fsp3) is 0.235. The number of anilines is 1. The van der Waals surface area contributed by atoms with Crippen LogP contribution < -0.4 is 20.5 Å². The van der Waals surface area contributed by atoms with Crippen molar-refractivity contribution in [3.05, 3.63) is 60.2 Å². The molecular formula is C17H19N3O2. The van der Waals surface area contributed by atoms with E-state index in [2.05, 4.69) is 10.7 Å². The molecule has 0 saturated carbocycles. The van der Waals surface area contributed by atoms with Crippen molar-refractivity contribution in [2.45, 2.75) is 19.0 Å². The molecule has 1 heterocycles. The smallest absolute Gasteiger partial charge is 0.338 e. The number of methoxy groups -OCH3 is 1. The summed E-state index contributed by atoms with van der Waals surface area (Å²) in [6.45, 7) is 1.97. The minimum Gasteiger partial charge on any atom is -0.497 e. The van der Waals surface area contributed by atoms with Crippen LogP contribution in [0.2, 0.25) is 0 Å². The number of rotatable bonds is 4. The first-order valence-electron chi connectivity index (χ1n) is 7.18. The van der Waals surface area contributed by atoms with Gasteiger partial charge in [-0.25, -0.2) is 15.2 Å². The van der Waals surface area contributed by atoms with Gasteiger partial charge in [0.15, 0.2) is 0 Å². The van der Waals surface area contributed by atoms with Crippen molar-refractivity contribution in [1.29, 1.82) is 0 Å². The van der Waals surface area contributed by atoms with Gasteiger partial charge in [0.25, 0.3) is 0 Å². The van der Waals surface area contributed by atoms with Crippen molar-refractivity contribution in [2.75, 3.05) is 12.1 Å². The number of amides is 2. The number of para-hydroxylation sites is 1. The van der Waals surface area contributed by atoms with E-state index in [0.29, 0.717) is 6.42 Å². The fourth-order valence-corrected chi connectivity index (χ4v) is 2.61. The summed E-state index contributed by atoms with van der Waals surface area (Å²) in [5, 5.41) is 4.55. The average Bonchev–Trinajstić information content (AvgIpc) is 2.83. The number of nitrogens with one attached hydrogen (secondary N) is 2. The molecule has 2 amide bonds. The van der Waals surface area contributed by atoms with E-state index in [0.717, 1.165) is 17.0 Å². The molecule has 1 aliphatic rings. The molecule has 1 fully saturated rings. The van der Waals surface area contributed by atoms with Gasteiger partial charge in [0.2, 0.25) is 0 Å². The molecule has 1 saturated heterocycles. The summed E-state index contributed by atoms with van der Waals surface area (Å²) >= 11 is 0. The fourth-order valence-electron chi connectivity index (χ4n) is 2.61. The Labute approximate surface area is 129 Å². The lowest BCUT2D eigenvalue weighted by molar-refractivity contribution is 0.247. The first-order chi connectivity index (χ1) is 10.6. The standard InChI is InChI=1S/C17H19N3O2/c1-17(12-13-8-10-15(22-2)11-9-13)18-16(21)20(19-17)14-6-4-3-5-7-14/h3-11,19H,12H2,1-2H3,(H,18,21). The maximum absolute atomic E-state index is 12.2. The summed E-state index contributed by atoms with van der Waals surface area (Å²) < 4.78 is 5.16. The molecule has 0 aliphatic carbocycles. The summed E-state index contributed by atoms with van der Waals surface area (Å²) in [5.41, 5.74) is 4.66. The highest BCUT2D eigenvalue weighted by Crippen LogP contribution is 2.22. The lowest BCUT2D eigenvalue weighted by Gasteiger charge is -2.25. The molecule has 0 radical (unpaired) electrons. The predicted molar refractivity (Wildman–Crippen MR) is 85.7 cm³/mol. The van der Waals surface area contributed by atoms with E-state index < -0.39 is 5.66 Å². The van der Waals surface area contributed by atoms with Gasteiger partial charge in [-0.3, -0.25) is 0 Å². The van der Waals surface area contributed by atoms with Crippen LogP contribution in [0.4, 0.5) is 10.5 Å². The maximum atomic E-state index is 12.2. The number of nitrogens with zero attached hydrogens (tertiary/aromatic N) is 1. The topological polar surface area (TPSA) is 53.6 Å². The Morgan fingerprint density at radius 2 is 1.77 bits per heavy atom. The first kappa shape index (κ1) is 14.4. The van der Waals surface area contributed by atoms with Crippen molar-refractivity contribution in [2.24, 2.45) is 0 Å². The Bertz CT molecular complexity index is 657. The molecule has 5 nitrogen and oxygen atoms in total. The van der Waals surface area contributed by atoms with Crippen molar-refractivity contribution in [3.8, 4) is 5.75 Å². The zero-order valence-electron chi connectivity index (χ0n) is 12.7. The van der Waals surface area contributed by atoms with Crippen LogP contribution in [0.1, 0.15) is 12.5 Å². The SMILES string of the molecule is COc1ccc(CC2(C)NC(=O)N(c3ccccc3)N2)cc1.